The fourth-order valence-corrected chi connectivity index (χ4v) is 6.75. The van der Waals surface area contributed by atoms with Gasteiger partial charge in [-0.15, -0.1) is 11.8 Å². The van der Waals surface area contributed by atoms with Gasteiger partial charge in [-0.05, 0) is 70.9 Å². The zero-order valence-electron chi connectivity index (χ0n) is 23.8. The smallest absolute Gasteiger partial charge is 0.335 e. The molecule has 0 aliphatic rings. The first-order valence-corrected chi connectivity index (χ1v) is 15.6. The topological polar surface area (TPSA) is 97.1 Å². The number of carboxylic acid groups (broad SMARTS) is 1. The average Bonchev–Trinajstić information content (AvgIpc) is 3.32. The third-order valence-corrected chi connectivity index (χ3v) is 9.11. The summed E-state index contributed by atoms with van der Waals surface area (Å²) in [4.78, 5) is 34.5. The molecular formula is C36H25ClN4O3S. The number of amides is 1. The summed E-state index contributed by atoms with van der Waals surface area (Å²) >= 11 is 8.79. The minimum atomic E-state index is -0.965. The van der Waals surface area contributed by atoms with Crippen LogP contribution in [0.2, 0.25) is 5.02 Å². The molecule has 0 atom stereocenters. The van der Waals surface area contributed by atoms with Crippen LogP contribution >= 0.6 is 23.4 Å². The third-order valence-electron chi connectivity index (χ3n) is 7.68. The number of nitrogens with one attached hydrogen (secondary N) is 1. The van der Waals surface area contributed by atoms with Crippen LogP contribution in [-0.2, 0) is 12.3 Å². The van der Waals surface area contributed by atoms with Crippen molar-refractivity contribution < 1.29 is 14.7 Å². The van der Waals surface area contributed by atoms with Crippen LogP contribution in [-0.4, -0.2) is 31.5 Å². The van der Waals surface area contributed by atoms with E-state index in [0.29, 0.717) is 28.5 Å². The van der Waals surface area contributed by atoms with Gasteiger partial charge in [0.05, 0.1) is 33.3 Å². The number of fused-ring (bicyclic) bond motifs is 3. The third kappa shape index (κ3) is 5.85. The van der Waals surface area contributed by atoms with E-state index in [4.69, 9.17) is 11.6 Å². The Kier molecular flexibility index (Phi) is 7.67. The Morgan fingerprint density at radius 1 is 0.844 bits per heavy atom. The average molecular weight is 629 g/mol. The van der Waals surface area contributed by atoms with Gasteiger partial charge in [0.2, 0.25) is 0 Å². The molecule has 0 aliphatic carbocycles. The zero-order chi connectivity index (χ0) is 30.9. The lowest BCUT2D eigenvalue weighted by Crippen LogP contribution is -2.14. The molecule has 1 amide bonds. The van der Waals surface area contributed by atoms with Crippen LogP contribution in [0.3, 0.4) is 0 Å². The van der Waals surface area contributed by atoms with Crippen LogP contribution in [0.25, 0.3) is 32.7 Å². The number of anilines is 1. The van der Waals surface area contributed by atoms with Gasteiger partial charge in [0.1, 0.15) is 5.69 Å². The van der Waals surface area contributed by atoms with Crippen molar-refractivity contribution >= 4 is 73.6 Å². The molecule has 5 aromatic carbocycles. The molecule has 9 heteroatoms. The second kappa shape index (κ2) is 12.1. The number of aromatic nitrogens is 3. The van der Waals surface area contributed by atoms with E-state index in [0.717, 1.165) is 32.6 Å². The van der Waals surface area contributed by atoms with Gasteiger partial charge in [-0.1, -0.05) is 66.2 Å². The summed E-state index contributed by atoms with van der Waals surface area (Å²) in [6.07, 6.45) is 1.47. The number of halogens is 1. The van der Waals surface area contributed by atoms with Crippen molar-refractivity contribution in [2.24, 2.45) is 0 Å². The van der Waals surface area contributed by atoms with Gasteiger partial charge in [-0.2, -0.15) is 0 Å². The van der Waals surface area contributed by atoms with Gasteiger partial charge < -0.3 is 15.0 Å². The molecule has 2 N–H and O–H groups in total. The molecule has 0 spiro atoms. The fourth-order valence-electron chi connectivity index (χ4n) is 5.37. The molecule has 0 fully saturated rings. The second-order valence-corrected chi connectivity index (χ2v) is 12.0. The lowest BCUT2D eigenvalue weighted by Gasteiger charge is -2.12. The van der Waals surface area contributed by atoms with E-state index in [1.807, 2.05) is 66.7 Å². The second-order valence-electron chi connectivity index (χ2n) is 10.6. The highest BCUT2D eigenvalue weighted by molar-refractivity contribution is 7.98. The van der Waals surface area contributed by atoms with Gasteiger partial charge in [-0.3, -0.25) is 9.78 Å². The molecule has 220 valence electrons. The quantitative estimate of drug-likeness (QED) is 0.163. The number of thioether (sulfide) groups is 1. The lowest BCUT2D eigenvalue weighted by atomic mass is 10.1. The van der Waals surface area contributed by atoms with Crippen LogP contribution in [0, 0.1) is 0 Å². The standard InChI is InChI=1S/C36H25ClN4O3S/c37-34-28-18-26(39-35(42)31-19-38-29-7-3-4-8-30(29)40-31)14-16-32(28)41(20-22-9-11-24(12-10-22)36(43)44)33(34)21-45-27-15-13-23-5-1-2-6-25(23)17-27/h1-19H,20-21H2,(H,39,42)(H,43,44). The Hall–Kier alpha value is -5.18. The summed E-state index contributed by atoms with van der Waals surface area (Å²) < 4.78 is 2.15. The molecule has 0 saturated carbocycles. The first kappa shape index (κ1) is 28.6. The van der Waals surface area contributed by atoms with E-state index in [2.05, 4.69) is 50.2 Å². The Morgan fingerprint density at radius 2 is 1.60 bits per heavy atom. The summed E-state index contributed by atoms with van der Waals surface area (Å²) in [5.74, 6) is -0.727. The first-order valence-electron chi connectivity index (χ1n) is 14.2. The zero-order valence-corrected chi connectivity index (χ0v) is 25.3. The number of carbonyl (C=O) groups is 2. The Morgan fingerprint density at radius 3 is 2.40 bits per heavy atom. The Labute approximate surface area is 267 Å². The number of carboxylic acids is 1. The van der Waals surface area contributed by atoms with Gasteiger partial charge in [-0.25, -0.2) is 9.78 Å². The molecule has 7 nitrogen and oxygen atoms in total. The number of para-hydroxylation sites is 2. The first-order chi connectivity index (χ1) is 21.9. The van der Waals surface area contributed by atoms with Crippen molar-refractivity contribution in [1.82, 2.24) is 14.5 Å². The van der Waals surface area contributed by atoms with Gasteiger partial charge in [0.15, 0.2) is 0 Å². The van der Waals surface area contributed by atoms with Gasteiger partial charge >= 0.3 is 5.97 Å². The normalized spacial score (nSPS) is 11.3. The van der Waals surface area contributed by atoms with E-state index in [9.17, 15) is 14.7 Å². The highest BCUT2D eigenvalue weighted by atomic mass is 35.5. The minimum absolute atomic E-state index is 0.217. The lowest BCUT2D eigenvalue weighted by molar-refractivity contribution is 0.0696. The number of rotatable bonds is 8. The van der Waals surface area contributed by atoms with E-state index in [1.54, 1.807) is 23.9 Å². The fraction of sp³-hybridized carbons (Fsp3) is 0.0556. The highest BCUT2D eigenvalue weighted by Gasteiger charge is 2.19. The van der Waals surface area contributed by atoms with Crippen LogP contribution in [0.1, 0.15) is 32.1 Å². The largest absolute Gasteiger partial charge is 0.478 e. The summed E-state index contributed by atoms with van der Waals surface area (Å²) in [5.41, 5.74) is 5.17. The SMILES string of the molecule is O=C(O)c1ccc(Cn2c(CSc3ccc4ccccc4c3)c(Cl)c3cc(NC(=O)c4cnc5ccccc5n4)ccc32)cc1. The minimum Gasteiger partial charge on any atom is -0.478 e. The number of carbonyl (C=O) groups excluding carboxylic acids is 1. The van der Waals surface area contributed by atoms with Crippen molar-refractivity contribution in [2.45, 2.75) is 17.2 Å². The molecule has 7 aromatic rings. The molecule has 0 bridgehead atoms. The molecule has 0 radical (unpaired) electrons. The van der Waals surface area contributed by atoms with E-state index >= 15 is 0 Å². The molecule has 2 aromatic heterocycles. The molecule has 0 aliphatic heterocycles. The van der Waals surface area contributed by atoms with Crippen molar-refractivity contribution in [1.29, 1.82) is 0 Å². The maximum atomic E-state index is 13.1. The molecular weight excluding hydrogens is 604 g/mol. The van der Waals surface area contributed by atoms with Gasteiger partial charge in [0.25, 0.3) is 5.91 Å². The molecule has 2 heterocycles. The van der Waals surface area contributed by atoms with Crippen LogP contribution in [0.5, 0.6) is 0 Å². The van der Waals surface area contributed by atoms with E-state index < -0.39 is 5.97 Å². The van der Waals surface area contributed by atoms with Crippen molar-refractivity contribution in [2.75, 3.05) is 5.32 Å². The molecule has 7 rings (SSSR count). The number of aromatic carboxylic acids is 1. The molecule has 0 saturated heterocycles. The predicted octanol–water partition coefficient (Wildman–Crippen LogP) is 8.68. The summed E-state index contributed by atoms with van der Waals surface area (Å²) in [6.45, 7) is 0.495. The maximum Gasteiger partial charge on any atom is 0.335 e. The monoisotopic (exact) mass is 628 g/mol. The van der Waals surface area contributed by atoms with Crippen LogP contribution in [0.4, 0.5) is 5.69 Å². The van der Waals surface area contributed by atoms with Crippen molar-refractivity contribution in [3.63, 3.8) is 0 Å². The van der Waals surface area contributed by atoms with Crippen molar-refractivity contribution in [3.8, 4) is 0 Å². The number of hydrogen-bond acceptors (Lipinski definition) is 5. The van der Waals surface area contributed by atoms with E-state index in [-0.39, 0.29) is 17.2 Å². The predicted molar refractivity (Wildman–Crippen MR) is 180 cm³/mol. The Balaban J connectivity index is 1.22. The summed E-state index contributed by atoms with van der Waals surface area (Å²) in [6, 6.07) is 34.6. The van der Waals surface area contributed by atoms with E-state index in [1.165, 1.54) is 17.0 Å². The maximum absolute atomic E-state index is 13.1. The van der Waals surface area contributed by atoms with Crippen molar-refractivity contribution in [3.05, 3.63) is 143 Å². The number of benzene rings is 5. The number of hydrogen-bond donors (Lipinski definition) is 2. The Bertz CT molecular complexity index is 2250. The number of nitrogens with zero attached hydrogens (tertiary/aromatic N) is 3. The summed E-state index contributed by atoms with van der Waals surface area (Å²) in [5, 5.41) is 16.0. The molecule has 0 unspecified atom stereocenters. The molecule has 45 heavy (non-hydrogen) atoms. The van der Waals surface area contributed by atoms with Crippen LogP contribution in [0.15, 0.2) is 120 Å². The summed E-state index contributed by atoms with van der Waals surface area (Å²) in [7, 11) is 0. The highest BCUT2D eigenvalue weighted by Crippen LogP contribution is 2.37. The van der Waals surface area contributed by atoms with Gasteiger partial charge in [0, 0.05) is 34.0 Å². The van der Waals surface area contributed by atoms with Crippen LogP contribution < -0.4 is 5.32 Å².